The first kappa shape index (κ1) is 17.6. The predicted molar refractivity (Wildman–Crippen MR) is 121 cm³/mol. The standard InChI is InChI=1S/C24H19N3O2S/c1-13-6-8-16-20(10-13)30-24-21(16)23(25-12-26-24)29-14-7-9-19-17(11-14)22(28)15-4-2-3-5-18(15)27-19/h2-5,7,9,11-13H,6,8,10H2,1H3,(H,27,28)/t13-/m1/s1. The lowest BCUT2D eigenvalue weighted by molar-refractivity contribution is 0.467. The lowest BCUT2D eigenvalue weighted by atomic mass is 9.89. The van der Waals surface area contributed by atoms with Crippen molar-refractivity contribution in [1.29, 1.82) is 0 Å². The molecule has 5 aromatic rings. The van der Waals surface area contributed by atoms with E-state index in [4.69, 9.17) is 4.74 Å². The van der Waals surface area contributed by atoms with E-state index in [-0.39, 0.29) is 5.43 Å². The summed E-state index contributed by atoms with van der Waals surface area (Å²) in [5.41, 5.74) is 2.95. The quantitative estimate of drug-likeness (QED) is 0.382. The van der Waals surface area contributed by atoms with Gasteiger partial charge in [0, 0.05) is 21.2 Å². The molecule has 0 radical (unpaired) electrons. The van der Waals surface area contributed by atoms with Crippen LogP contribution in [0.15, 0.2) is 53.6 Å². The largest absolute Gasteiger partial charge is 0.438 e. The van der Waals surface area contributed by atoms with Gasteiger partial charge in [0.2, 0.25) is 5.88 Å². The monoisotopic (exact) mass is 413 g/mol. The van der Waals surface area contributed by atoms with Crippen LogP contribution >= 0.6 is 11.3 Å². The van der Waals surface area contributed by atoms with E-state index in [9.17, 15) is 4.79 Å². The molecular weight excluding hydrogens is 394 g/mol. The third-order valence-electron chi connectivity index (χ3n) is 5.95. The number of fused-ring (bicyclic) bond motifs is 5. The lowest BCUT2D eigenvalue weighted by Crippen LogP contribution is -2.08. The molecule has 1 N–H and O–H groups in total. The molecule has 6 rings (SSSR count). The Labute approximate surface area is 176 Å². The topological polar surface area (TPSA) is 67.9 Å². The minimum atomic E-state index is -0.000431. The van der Waals surface area contributed by atoms with Crippen LogP contribution in [0.25, 0.3) is 32.0 Å². The zero-order chi connectivity index (χ0) is 20.2. The molecule has 3 heterocycles. The van der Waals surface area contributed by atoms with Crippen molar-refractivity contribution in [3.63, 3.8) is 0 Å². The average Bonchev–Trinajstić information content (AvgIpc) is 3.13. The van der Waals surface area contributed by atoms with Crippen molar-refractivity contribution < 1.29 is 4.74 Å². The molecule has 6 heteroatoms. The van der Waals surface area contributed by atoms with Gasteiger partial charge in [-0.1, -0.05) is 19.1 Å². The Morgan fingerprint density at radius 3 is 2.90 bits per heavy atom. The third-order valence-corrected chi connectivity index (χ3v) is 7.11. The molecule has 0 aliphatic heterocycles. The van der Waals surface area contributed by atoms with Gasteiger partial charge in [0.25, 0.3) is 0 Å². The fraction of sp³-hybridized carbons (Fsp3) is 0.208. The summed E-state index contributed by atoms with van der Waals surface area (Å²) < 4.78 is 6.22. The van der Waals surface area contributed by atoms with Crippen molar-refractivity contribution in [1.82, 2.24) is 15.0 Å². The van der Waals surface area contributed by atoms with E-state index in [0.717, 1.165) is 34.1 Å². The fourth-order valence-electron chi connectivity index (χ4n) is 4.40. The Balaban J connectivity index is 1.48. The maximum Gasteiger partial charge on any atom is 0.231 e. The molecule has 1 atom stereocenters. The zero-order valence-electron chi connectivity index (χ0n) is 16.4. The highest BCUT2D eigenvalue weighted by atomic mass is 32.1. The van der Waals surface area contributed by atoms with Crippen LogP contribution < -0.4 is 10.2 Å². The van der Waals surface area contributed by atoms with Gasteiger partial charge in [-0.2, -0.15) is 0 Å². The van der Waals surface area contributed by atoms with Crippen molar-refractivity contribution in [3.8, 4) is 11.6 Å². The number of nitrogens with one attached hydrogen (secondary N) is 1. The summed E-state index contributed by atoms with van der Waals surface area (Å²) in [4.78, 5) is 27.6. The molecule has 3 aromatic heterocycles. The number of hydrogen-bond donors (Lipinski definition) is 1. The van der Waals surface area contributed by atoms with Gasteiger partial charge in [-0.15, -0.1) is 11.3 Å². The highest BCUT2D eigenvalue weighted by molar-refractivity contribution is 7.18. The van der Waals surface area contributed by atoms with E-state index < -0.39 is 0 Å². The summed E-state index contributed by atoms with van der Waals surface area (Å²) in [6, 6.07) is 13.1. The van der Waals surface area contributed by atoms with Gasteiger partial charge in [-0.3, -0.25) is 4.79 Å². The van der Waals surface area contributed by atoms with Gasteiger partial charge >= 0.3 is 0 Å². The molecule has 2 aromatic carbocycles. The highest BCUT2D eigenvalue weighted by Crippen LogP contribution is 2.41. The molecule has 0 bridgehead atoms. The van der Waals surface area contributed by atoms with Crippen LogP contribution in [0.3, 0.4) is 0 Å². The molecule has 0 spiro atoms. The maximum atomic E-state index is 13.0. The molecule has 1 aliphatic rings. The predicted octanol–water partition coefficient (Wildman–Crippen LogP) is 5.60. The molecule has 0 saturated carbocycles. The number of rotatable bonds is 2. The van der Waals surface area contributed by atoms with Crippen LogP contribution in [0.5, 0.6) is 11.6 Å². The molecule has 0 amide bonds. The van der Waals surface area contributed by atoms with Crippen LogP contribution in [0.4, 0.5) is 0 Å². The molecule has 1 aliphatic carbocycles. The number of aromatic amines is 1. The van der Waals surface area contributed by atoms with Gasteiger partial charge in [0.05, 0.1) is 10.9 Å². The Morgan fingerprint density at radius 1 is 1.10 bits per heavy atom. The number of benzene rings is 2. The first-order valence-electron chi connectivity index (χ1n) is 10.2. The molecule has 148 valence electrons. The number of aryl methyl sites for hydroxylation is 1. The van der Waals surface area contributed by atoms with Gasteiger partial charge in [-0.05, 0) is 61.1 Å². The van der Waals surface area contributed by atoms with Crippen molar-refractivity contribution in [2.45, 2.75) is 26.2 Å². The summed E-state index contributed by atoms with van der Waals surface area (Å²) in [5, 5.41) is 2.31. The minimum Gasteiger partial charge on any atom is -0.438 e. The van der Waals surface area contributed by atoms with Gasteiger partial charge in [0.1, 0.15) is 16.9 Å². The molecule has 5 nitrogen and oxygen atoms in total. The third kappa shape index (κ3) is 2.71. The summed E-state index contributed by atoms with van der Waals surface area (Å²) in [7, 11) is 0. The number of para-hydroxylation sites is 1. The highest BCUT2D eigenvalue weighted by Gasteiger charge is 2.24. The smallest absolute Gasteiger partial charge is 0.231 e. The summed E-state index contributed by atoms with van der Waals surface area (Å²) >= 11 is 1.75. The Hall–Kier alpha value is -3.25. The van der Waals surface area contributed by atoms with E-state index >= 15 is 0 Å². The van der Waals surface area contributed by atoms with Crippen LogP contribution in [0, 0.1) is 5.92 Å². The van der Waals surface area contributed by atoms with Crippen molar-refractivity contribution in [2.24, 2.45) is 5.92 Å². The molecule has 30 heavy (non-hydrogen) atoms. The van der Waals surface area contributed by atoms with Crippen LogP contribution in [0.2, 0.25) is 0 Å². The van der Waals surface area contributed by atoms with Crippen LogP contribution in [-0.2, 0) is 12.8 Å². The SMILES string of the molecule is C[C@@H]1CCc2c(sc3ncnc(Oc4ccc5[nH]c6ccccc6c(=O)c5c4)c23)C1. The fourth-order valence-corrected chi connectivity index (χ4v) is 5.74. The first-order chi connectivity index (χ1) is 14.7. The number of H-pyrrole nitrogens is 1. The number of ether oxygens (including phenoxy) is 1. The van der Waals surface area contributed by atoms with Crippen molar-refractivity contribution in [3.05, 3.63) is 69.5 Å². The summed E-state index contributed by atoms with van der Waals surface area (Å²) in [6.07, 6.45) is 4.85. The second kappa shape index (κ2) is 6.64. The summed E-state index contributed by atoms with van der Waals surface area (Å²) in [6.45, 7) is 2.30. The second-order valence-electron chi connectivity index (χ2n) is 8.02. The number of hydrogen-bond acceptors (Lipinski definition) is 5. The Morgan fingerprint density at radius 2 is 1.97 bits per heavy atom. The van der Waals surface area contributed by atoms with E-state index in [2.05, 4.69) is 21.9 Å². The van der Waals surface area contributed by atoms with Crippen LogP contribution in [-0.4, -0.2) is 15.0 Å². The van der Waals surface area contributed by atoms with Crippen molar-refractivity contribution in [2.75, 3.05) is 0 Å². The number of nitrogens with zero attached hydrogens (tertiary/aromatic N) is 2. The average molecular weight is 414 g/mol. The van der Waals surface area contributed by atoms with E-state index in [0.29, 0.717) is 28.3 Å². The summed E-state index contributed by atoms with van der Waals surface area (Å²) in [5.74, 6) is 1.88. The minimum absolute atomic E-state index is 0.000431. The first-order valence-corrected chi connectivity index (χ1v) is 11.0. The van der Waals surface area contributed by atoms with Gasteiger partial charge in [0.15, 0.2) is 5.43 Å². The number of thiophene rings is 1. The normalized spacial score (nSPS) is 16.2. The maximum absolute atomic E-state index is 13.0. The number of aromatic nitrogens is 3. The van der Waals surface area contributed by atoms with E-state index in [1.54, 1.807) is 23.7 Å². The molecule has 0 unspecified atom stereocenters. The van der Waals surface area contributed by atoms with Crippen LogP contribution in [0.1, 0.15) is 23.8 Å². The van der Waals surface area contributed by atoms with E-state index in [1.807, 2.05) is 36.4 Å². The van der Waals surface area contributed by atoms with Gasteiger partial charge < -0.3 is 9.72 Å². The molecule has 0 saturated heterocycles. The molecule has 0 fully saturated rings. The Bertz CT molecular complexity index is 1500. The zero-order valence-corrected chi connectivity index (χ0v) is 17.3. The van der Waals surface area contributed by atoms with Crippen molar-refractivity contribution >= 4 is 43.4 Å². The lowest BCUT2D eigenvalue weighted by Gasteiger charge is -2.18. The second-order valence-corrected chi connectivity index (χ2v) is 9.10. The molecular formula is C24H19N3O2S. The Kier molecular flexibility index (Phi) is 3.89. The van der Waals surface area contributed by atoms with Gasteiger partial charge in [-0.25, -0.2) is 9.97 Å². The van der Waals surface area contributed by atoms with E-state index in [1.165, 1.54) is 16.9 Å². The number of pyridine rings is 1.